The summed E-state index contributed by atoms with van der Waals surface area (Å²) >= 11 is 1.74. The fourth-order valence-electron chi connectivity index (χ4n) is 1.95. The third-order valence-electron chi connectivity index (χ3n) is 3.04. The summed E-state index contributed by atoms with van der Waals surface area (Å²) in [5, 5.41) is 10.00. The molecule has 4 heteroatoms. The number of benzene rings is 1. The summed E-state index contributed by atoms with van der Waals surface area (Å²) in [6.45, 7) is 1.51. The van der Waals surface area contributed by atoms with Crippen molar-refractivity contribution in [3.8, 4) is 0 Å². The lowest BCUT2D eigenvalue weighted by atomic mass is 9.94. The molecule has 0 bridgehead atoms. The van der Waals surface area contributed by atoms with Crippen LogP contribution >= 0.6 is 11.8 Å². The minimum absolute atomic E-state index is 0.0432. The van der Waals surface area contributed by atoms with Crippen LogP contribution in [0, 0.1) is 24.5 Å². The lowest BCUT2D eigenvalue weighted by Crippen LogP contribution is -2.14. The Morgan fingerprint density at radius 1 is 1.38 bits per heavy atom. The topological polar surface area (TPSA) is 20.2 Å². The van der Waals surface area contributed by atoms with Crippen molar-refractivity contribution in [2.75, 3.05) is 11.5 Å². The zero-order valence-electron chi connectivity index (χ0n) is 9.04. The zero-order valence-corrected chi connectivity index (χ0v) is 9.86. The van der Waals surface area contributed by atoms with Crippen LogP contribution in [0.2, 0.25) is 0 Å². The van der Waals surface area contributed by atoms with Gasteiger partial charge in [-0.15, -0.1) is 0 Å². The van der Waals surface area contributed by atoms with E-state index < -0.39 is 17.7 Å². The maximum Gasteiger partial charge on any atom is 0.164 e. The minimum atomic E-state index is -0.899. The van der Waals surface area contributed by atoms with Crippen LogP contribution < -0.4 is 0 Å². The highest BCUT2D eigenvalue weighted by molar-refractivity contribution is 7.99. The van der Waals surface area contributed by atoms with Crippen LogP contribution in [-0.2, 0) is 0 Å². The fourth-order valence-corrected chi connectivity index (χ4v) is 3.23. The van der Waals surface area contributed by atoms with Gasteiger partial charge >= 0.3 is 0 Å². The van der Waals surface area contributed by atoms with E-state index in [4.69, 9.17) is 0 Å². The first-order valence-electron chi connectivity index (χ1n) is 5.31. The Morgan fingerprint density at radius 2 is 2.12 bits per heavy atom. The van der Waals surface area contributed by atoms with E-state index in [1.165, 1.54) is 19.1 Å². The standard InChI is InChI=1S/C12H14F2OS/c1-7-2-3-9(11(14)10(7)13)12(15)8-4-5-16-6-8/h2-3,8,12,15H,4-6H2,1H3. The highest BCUT2D eigenvalue weighted by Gasteiger charge is 2.28. The molecule has 1 nitrogen and oxygen atoms in total. The molecule has 1 saturated heterocycles. The Morgan fingerprint density at radius 3 is 2.75 bits per heavy atom. The fraction of sp³-hybridized carbons (Fsp3) is 0.500. The van der Waals surface area contributed by atoms with Gasteiger partial charge in [0, 0.05) is 5.56 Å². The first kappa shape index (κ1) is 11.9. The molecule has 1 aromatic rings. The smallest absolute Gasteiger partial charge is 0.164 e. The second-order valence-corrected chi connectivity index (χ2v) is 5.32. The van der Waals surface area contributed by atoms with E-state index in [-0.39, 0.29) is 17.0 Å². The summed E-state index contributed by atoms with van der Waals surface area (Å²) in [7, 11) is 0. The molecule has 16 heavy (non-hydrogen) atoms. The Balaban J connectivity index is 2.29. The molecule has 1 fully saturated rings. The van der Waals surface area contributed by atoms with Crippen molar-refractivity contribution >= 4 is 11.8 Å². The molecule has 0 aromatic heterocycles. The van der Waals surface area contributed by atoms with Crippen molar-refractivity contribution < 1.29 is 13.9 Å². The monoisotopic (exact) mass is 244 g/mol. The lowest BCUT2D eigenvalue weighted by molar-refractivity contribution is 0.116. The molecule has 1 N–H and O–H groups in total. The van der Waals surface area contributed by atoms with Gasteiger partial charge < -0.3 is 5.11 Å². The van der Waals surface area contributed by atoms with Crippen LogP contribution in [0.5, 0.6) is 0 Å². The van der Waals surface area contributed by atoms with Crippen molar-refractivity contribution in [1.29, 1.82) is 0 Å². The van der Waals surface area contributed by atoms with Gasteiger partial charge in [0.25, 0.3) is 0 Å². The predicted molar refractivity (Wildman–Crippen MR) is 61.5 cm³/mol. The van der Waals surface area contributed by atoms with Crippen LogP contribution in [0.25, 0.3) is 0 Å². The number of aryl methyl sites for hydroxylation is 1. The molecule has 88 valence electrons. The molecular formula is C12H14F2OS. The number of thioether (sulfide) groups is 1. The Hall–Kier alpha value is -0.610. The van der Waals surface area contributed by atoms with Crippen LogP contribution in [0.15, 0.2) is 12.1 Å². The van der Waals surface area contributed by atoms with E-state index in [2.05, 4.69) is 0 Å². The van der Waals surface area contributed by atoms with Gasteiger partial charge in [-0.05, 0) is 36.3 Å². The zero-order chi connectivity index (χ0) is 11.7. The van der Waals surface area contributed by atoms with Gasteiger partial charge in [0.1, 0.15) is 0 Å². The van der Waals surface area contributed by atoms with E-state index in [0.717, 1.165) is 17.9 Å². The van der Waals surface area contributed by atoms with Gasteiger partial charge in [0.05, 0.1) is 6.10 Å². The minimum Gasteiger partial charge on any atom is -0.388 e. The molecule has 1 aromatic carbocycles. The molecule has 2 unspecified atom stereocenters. The number of rotatable bonds is 2. The molecule has 2 rings (SSSR count). The van der Waals surface area contributed by atoms with Crippen molar-refractivity contribution in [2.24, 2.45) is 5.92 Å². The SMILES string of the molecule is Cc1ccc(C(O)C2CCSC2)c(F)c1F. The van der Waals surface area contributed by atoms with E-state index in [1.54, 1.807) is 11.8 Å². The highest BCUT2D eigenvalue weighted by atomic mass is 32.2. The van der Waals surface area contributed by atoms with Crippen LogP contribution in [0.1, 0.15) is 23.7 Å². The van der Waals surface area contributed by atoms with Gasteiger partial charge in [0.15, 0.2) is 11.6 Å². The van der Waals surface area contributed by atoms with Crippen molar-refractivity contribution in [3.05, 3.63) is 34.9 Å². The molecule has 0 saturated carbocycles. The molecular weight excluding hydrogens is 230 g/mol. The number of aliphatic hydroxyl groups excluding tert-OH is 1. The van der Waals surface area contributed by atoms with Gasteiger partial charge in [-0.2, -0.15) is 11.8 Å². The first-order chi connectivity index (χ1) is 7.61. The molecule has 1 aliphatic heterocycles. The molecule has 0 spiro atoms. The number of hydrogen-bond acceptors (Lipinski definition) is 2. The Kier molecular flexibility index (Phi) is 3.50. The summed E-state index contributed by atoms with van der Waals surface area (Å²) < 4.78 is 27.0. The average Bonchev–Trinajstić information content (AvgIpc) is 2.79. The maximum absolute atomic E-state index is 13.6. The predicted octanol–water partition coefficient (Wildman–Crippen LogP) is 3.06. The highest BCUT2D eigenvalue weighted by Crippen LogP contribution is 2.35. The third-order valence-corrected chi connectivity index (χ3v) is 4.22. The quantitative estimate of drug-likeness (QED) is 0.862. The summed E-state index contributed by atoms with van der Waals surface area (Å²) in [5.41, 5.74) is 0.366. The number of aliphatic hydroxyl groups is 1. The molecule has 0 amide bonds. The third kappa shape index (κ3) is 2.09. The second-order valence-electron chi connectivity index (χ2n) is 4.17. The first-order valence-corrected chi connectivity index (χ1v) is 6.47. The summed E-state index contributed by atoms with van der Waals surface area (Å²) in [6.07, 6.45) is -0.0223. The largest absolute Gasteiger partial charge is 0.388 e. The van der Waals surface area contributed by atoms with E-state index in [1.807, 2.05) is 0 Å². The molecule has 2 atom stereocenters. The lowest BCUT2D eigenvalue weighted by Gasteiger charge is -2.18. The van der Waals surface area contributed by atoms with E-state index in [9.17, 15) is 13.9 Å². The van der Waals surface area contributed by atoms with Gasteiger partial charge in [-0.25, -0.2) is 8.78 Å². The van der Waals surface area contributed by atoms with Crippen LogP contribution in [0.4, 0.5) is 8.78 Å². The van der Waals surface area contributed by atoms with Crippen molar-refractivity contribution in [2.45, 2.75) is 19.4 Å². The molecule has 1 aliphatic rings. The van der Waals surface area contributed by atoms with Crippen molar-refractivity contribution in [1.82, 2.24) is 0 Å². The Labute approximate surface area is 97.9 Å². The maximum atomic E-state index is 13.6. The number of halogens is 2. The normalized spacial score (nSPS) is 22.4. The number of hydrogen-bond donors (Lipinski definition) is 1. The van der Waals surface area contributed by atoms with Gasteiger partial charge in [-0.3, -0.25) is 0 Å². The molecule has 0 aliphatic carbocycles. The average molecular weight is 244 g/mol. The van der Waals surface area contributed by atoms with Crippen LogP contribution in [-0.4, -0.2) is 16.6 Å². The van der Waals surface area contributed by atoms with Crippen molar-refractivity contribution in [3.63, 3.8) is 0 Å². The van der Waals surface area contributed by atoms with Gasteiger partial charge in [0.2, 0.25) is 0 Å². The summed E-state index contributed by atoms with van der Waals surface area (Å²) in [4.78, 5) is 0. The second kappa shape index (κ2) is 4.72. The van der Waals surface area contributed by atoms with Gasteiger partial charge in [-0.1, -0.05) is 12.1 Å². The van der Waals surface area contributed by atoms with E-state index in [0.29, 0.717) is 0 Å². The molecule has 0 radical (unpaired) electrons. The Bertz CT molecular complexity index is 389. The summed E-state index contributed by atoms with van der Waals surface area (Å²) in [6, 6.07) is 3.00. The molecule has 1 heterocycles. The van der Waals surface area contributed by atoms with E-state index >= 15 is 0 Å². The summed E-state index contributed by atoms with van der Waals surface area (Å²) in [5.74, 6) is 0.0987. The van der Waals surface area contributed by atoms with Crippen LogP contribution in [0.3, 0.4) is 0 Å².